The predicted molar refractivity (Wildman–Crippen MR) is 86.9 cm³/mol. The molecule has 1 aliphatic rings. The van der Waals surface area contributed by atoms with Gasteiger partial charge in [0, 0.05) is 11.6 Å². The Hall–Kier alpha value is -0.860. The summed E-state index contributed by atoms with van der Waals surface area (Å²) >= 11 is 0. The van der Waals surface area contributed by atoms with Crippen molar-refractivity contribution in [2.45, 2.75) is 58.0 Å². The molecule has 0 amide bonds. The van der Waals surface area contributed by atoms with E-state index in [9.17, 15) is 0 Å². The lowest BCUT2D eigenvalue weighted by Gasteiger charge is -2.49. The fraction of sp³-hybridized carbons (Fsp3) is 0.667. The van der Waals surface area contributed by atoms with E-state index >= 15 is 0 Å². The molecule has 1 fully saturated rings. The minimum Gasteiger partial charge on any atom is -0.322 e. The molecule has 112 valence electrons. The molecule has 0 saturated heterocycles. The van der Waals surface area contributed by atoms with Gasteiger partial charge in [0.2, 0.25) is 0 Å². The van der Waals surface area contributed by atoms with Gasteiger partial charge in [-0.05, 0) is 70.7 Å². The number of nitrogens with two attached hydrogens (primary N) is 1. The average Bonchev–Trinajstić information content (AvgIpc) is 2.39. The van der Waals surface area contributed by atoms with Crippen molar-refractivity contribution in [3.63, 3.8) is 0 Å². The Bertz CT molecular complexity index is 456. The summed E-state index contributed by atoms with van der Waals surface area (Å²) in [5.41, 5.74) is 10.8. The van der Waals surface area contributed by atoms with Crippen molar-refractivity contribution < 1.29 is 0 Å². The number of benzene rings is 1. The zero-order valence-electron chi connectivity index (χ0n) is 13.7. The summed E-state index contributed by atoms with van der Waals surface area (Å²) in [4.78, 5) is 2.38. The highest BCUT2D eigenvalue weighted by Gasteiger charge is 2.42. The highest BCUT2D eigenvalue weighted by Crippen LogP contribution is 2.43. The Labute approximate surface area is 124 Å². The summed E-state index contributed by atoms with van der Waals surface area (Å²) < 4.78 is 0. The van der Waals surface area contributed by atoms with Crippen LogP contribution in [-0.4, -0.2) is 24.5 Å². The predicted octanol–water partition coefficient (Wildman–Crippen LogP) is 3.81. The summed E-state index contributed by atoms with van der Waals surface area (Å²) in [7, 11) is 4.39. The van der Waals surface area contributed by atoms with E-state index in [0.717, 1.165) is 5.92 Å². The maximum absolute atomic E-state index is 6.76. The zero-order valence-corrected chi connectivity index (χ0v) is 13.7. The van der Waals surface area contributed by atoms with Gasteiger partial charge in [-0.1, -0.05) is 30.7 Å². The monoisotopic (exact) mass is 274 g/mol. The van der Waals surface area contributed by atoms with Gasteiger partial charge in [-0.3, -0.25) is 0 Å². The van der Waals surface area contributed by atoms with Crippen LogP contribution in [0.25, 0.3) is 0 Å². The topological polar surface area (TPSA) is 29.3 Å². The van der Waals surface area contributed by atoms with Crippen molar-refractivity contribution in [3.8, 4) is 0 Å². The smallest absolute Gasteiger partial charge is 0.0484 e. The molecular weight excluding hydrogens is 244 g/mol. The van der Waals surface area contributed by atoms with Crippen LogP contribution in [0.15, 0.2) is 18.2 Å². The van der Waals surface area contributed by atoms with Crippen molar-refractivity contribution in [1.82, 2.24) is 4.90 Å². The third-order valence-corrected chi connectivity index (χ3v) is 5.37. The van der Waals surface area contributed by atoms with Gasteiger partial charge in [-0.2, -0.15) is 0 Å². The van der Waals surface area contributed by atoms with Crippen LogP contribution in [-0.2, 0) is 0 Å². The second-order valence-electron chi connectivity index (χ2n) is 7.02. The molecular formula is C18H30N2. The number of hydrogen-bond acceptors (Lipinski definition) is 2. The second kappa shape index (κ2) is 5.87. The molecule has 1 atom stereocenters. The molecule has 20 heavy (non-hydrogen) atoms. The Morgan fingerprint density at radius 2 is 1.80 bits per heavy atom. The van der Waals surface area contributed by atoms with E-state index in [4.69, 9.17) is 5.73 Å². The van der Waals surface area contributed by atoms with Crippen molar-refractivity contribution in [3.05, 3.63) is 34.9 Å². The van der Waals surface area contributed by atoms with E-state index in [0.29, 0.717) is 0 Å². The average molecular weight is 274 g/mol. The fourth-order valence-electron chi connectivity index (χ4n) is 3.76. The van der Waals surface area contributed by atoms with Gasteiger partial charge in [-0.15, -0.1) is 0 Å². The molecule has 1 aliphatic carbocycles. The lowest BCUT2D eigenvalue weighted by molar-refractivity contribution is 0.0562. The highest BCUT2D eigenvalue weighted by molar-refractivity contribution is 5.35. The summed E-state index contributed by atoms with van der Waals surface area (Å²) in [6, 6.07) is 6.78. The molecule has 2 nitrogen and oxygen atoms in total. The van der Waals surface area contributed by atoms with Crippen LogP contribution in [0.1, 0.15) is 55.3 Å². The first-order valence-electron chi connectivity index (χ1n) is 7.87. The Kier molecular flexibility index (Phi) is 4.55. The molecule has 2 N–H and O–H groups in total. The summed E-state index contributed by atoms with van der Waals surface area (Å²) in [6.45, 7) is 6.70. The third-order valence-electron chi connectivity index (χ3n) is 5.37. The first-order chi connectivity index (χ1) is 9.36. The van der Waals surface area contributed by atoms with Gasteiger partial charge in [0.15, 0.2) is 0 Å². The summed E-state index contributed by atoms with van der Waals surface area (Å²) in [5, 5.41) is 0. The number of aryl methyl sites for hydroxylation is 2. The molecule has 1 unspecified atom stereocenters. The first kappa shape index (κ1) is 15.5. The third kappa shape index (κ3) is 2.77. The molecule has 0 aromatic heterocycles. The van der Waals surface area contributed by atoms with E-state index in [2.05, 4.69) is 58.0 Å². The quantitative estimate of drug-likeness (QED) is 0.908. The number of likely N-dealkylation sites (N-methyl/N-ethyl adjacent to an activating group) is 1. The van der Waals surface area contributed by atoms with E-state index in [-0.39, 0.29) is 11.6 Å². The highest BCUT2D eigenvalue weighted by atomic mass is 15.2. The molecule has 1 saturated carbocycles. The second-order valence-corrected chi connectivity index (χ2v) is 7.02. The van der Waals surface area contributed by atoms with Crippen LogP contribution in [0.2, 0.25) is 0 Å². The summed E-state index contributed by atoms with van der Waals surface area (Å²) in [6.07, 6.45) is 4.98. The van der Waals surface area contributed by atoms with Crippen molar-refractivity contribution in [1.29, 1.82) is 0 Å². The van der Waals surface area contributed by atoms with Crippen LogP contribution in [0, 0.1) is 19.8 Å². The molecule has 2 heteroatoms. The van der Waals surface area contributed by atoms with E-state index < -0.39 is 0 Å². The number of hydrogen-bond donors (Lipinski definition) is 1. The van der Waals surface area contributed by atoms with Crippen LogP contribution in [0.4, 0.5) is 0 Å². The normalized spacial score (nSPS) is 28.6. The Balaban J connectivity index is 2.34. The minimum atomic E-state index is 0.102. The molecule has 1 aromatic rings. The maximum Gasteiger partial charge on any atom is 0.0484 e. The fourth-order valence-corrected chi connectivity index (χ4v) is 3.76. The Morgan fingerprint density at radius 3 is 2.30 bits per heavy atom. The zero-order chi connectivity index (χ0) is 14.9. The van der Waals surface area contributed by atoms with Gasteiger partial charge < -0.3 is 10.6 Å². The van der Waals surface area contributed by atoms with Crippen LogP contribution in [0.3, 0.4) is 0 Å². The largest absolute Gasteiger partial charge is 0.322 e. The molecule has 0 radical (unpaired) electrons. The minimum absolute atomic E-state index is 0.102. The standard InChI is InChI=1S/C18H30N2/c1-13-8-10-18(11-9-13,20(4)5)17(19)16-7-6-14(2)12-15(16)3/h6-7,12-13,17H,8-11,19H2,1-5H3. The van der Waals surface area contributed by atoms with Gasteiger partial charge in [0.25, 0.3) is 0 Å². The molecule has 2 rings (SSSR count). The molecule has 0 aliphatic heterocycles. The lowest BCUT2D eigenvalue weighted by Crippen LogP contribution is -2.54. The van der Waals surface area contributed by atoms with Gasteiger partial charge in [0.1, 0.15) is 0 Å². The van der Waals surface area contributed by atoms with E-state index in [1.165, 1.54) is 42.4 Å². The van der Waals surface area contributed by atoms with Crippen LogP contribution >= 0.6 is 0 Å². The van der Waals surface area contributed by atoms with Gasteiger partial charge in [-0.25, -0.2) is 0 Å². The molecule has 0 bridgehead atoms. The van der Waals surface area contributed by atoms with E-state index in [1.807, 2.05) is 0 Å². The number of nitrogens with zero attached hydrogens (tertiary/aromatic N) is 1. The van der Waals surface area contributed by atoms with Crippen molar-refractivity contribution >= 4 is 0 Å². The van der Waals surface area contributed by atoms with Crippen LogP contribution < -0.4 is 5.73 Å². The van der Waals surface area contributed by atoms with Crippen molar-refractivity contribution in [2.75, 3.05) is 14.1 Å². The molecule has 0 heterocycles. The van der Waals surface area contributed by atoms with Crippen molar-refractivity contribution in [2.24, 2.45) is 11.7 Å². The van der Waals surface area contributed by atoms with Gasteiger partial charge in [0.05, 0.1) is 0 Å². The lowest BCUT2D eigenvalue weighted by atomic mass is 9.70. The summed E-state index contributed by atoms with van der Waals surface area (Å²) in [5.74, 6) is 0.842. The first-order valence-corrected chi connectivity index (χ1v) is 7.87. The SMILES string of the molecule is Cc1ccc(C(N)C2(N(C)C)CCC(C)CC2)c(C)c1. The van der Waals surface area contributed by atoms with Gasteiger partial charge >= 0.3 is 0 Å². The Morgan fingerprint density at radius 1 is 1.20 bits per heavy atom. The van der Waals surface area contributed by atoms with Crippen LogP contribution in [0.5, 0.6) is 0 Å². The maximum atomic E-state index is 6.76. The molecule has 0 spiro atoms. The van der Waals surface area contributed by atoms with E-state index in [1.54, 1.807) is 0 Å². The molecule has 1 aromatic carbocycles. The number of rotatable bonds is 3.